The van der Waals surface area contributed by atoms with Gasteiger partial charge in [0, 0.05) is 15.9 Å². The van der Waals surface area contributed by atoms with Crippen molar-refractivity contribution in [2.75, 3.05) is 5.75 Å². The van der Waals surface area contributed by atoms with Crippen molar-refractivity contribution in [3.63, 3.8) is 0 Å². The summed E-state index contributed by atoms with van der Waals surface area (Å²) in [4.78, 5) is 17.4. The largest absolute Gasteiger partial charge is 0.298 e. The number of halogens is 1. The molecule has 112 valence electrons. The third-order valence-electron chi connectivity index (χ3n) is 2.80. The molecule has 0 N–H and O–H groups in total. The lowest BCUT2D eigenvalue weighted by atomic mass is 10.2. The van der Waals surface area contributed by atoms with Crippen molar-refractivity contribution >= 4 is 33.5 Å². The number of rotatable bonds is 7. The number of hydrogen-bond donors (Lipinski definition) is 0. The van der Waals surface area contributed by atoms with Crippen LogP contribution in [0.4, 0.5) is 0 Å². The van der Waals surface area contributed by atoms with Gasteiger partial charge in [-0.05, 0) is 30.2 Å². The normalized spacial score (nSPS) is 11.0. The molecule has 0 saturated carbocycles. The maximum Gasteiger partial charge on any atom is 0.150 e. The predicted molar refractivity (Wildman–Crippen MR) is 88.4 cm³/mol. The number of benzene rings is 1. The van der Waals surface area contributed by atoms with Crippen LogP contribution in [0.5, 0.6) is 0 Å². The zero-order valence-corrected chi connectivity index (χ0v) is 14.5. The lowest BCUT2D eigenvalue weighted by Crippen LogP contribution is -2.15. The quantitative estimate of drug-likeness (QED) is 0.701. The molecule has 0 atom stereocenters. The summed E-state index contributed by atoms with van der Waals surface area (Å²) in [5.74, 6) is 1.86. The standard InChI is InChI=1S/C15H18BrN3OS/c1-11(2)8-19-15(17-10-18-19)7-13(20)9-21-14-5-3-12(16)4-6-14/h3-6,10-11H,7-9H2,1-2H3. The Balaban J connectivity index is 1.87. The minimum Gasteiger partial charge on any atom is -0.298 e. The number of Topliss-reactive ketones (excluding diaryl/α,β-unsaturated/α-hetero) is 1. The van der Waals surface area contributed by atoms with Crippen LogP contribution in [0.25, 0.3) is 0 Å². The number of thioether (sulfide) groups is 1. The van der Waals surface area contributed by atoms with E-state index in [9.17, 15) is 4.79 Å². The van der Waals surface area contributed by atoms with Gasteiger partial charge in [-0.3, -0.25) is 4.79 Å². The van der Waals surface area contributed by atoms with Crippen molar-refractivity contribution in [1.29, 1.82) is 0 Å². The fraction of sp³-hybridized carbons (Fsp3) is 0.400. The first-order valence-electron chi connectivity index (χ1n) is 6.81. The van der Waals surface area contributed by atoms with E-state index in [0.717, 1.165) is 21.7 Å². The van der Waals surface area contributed by atoms with E-state index >= 15 is 0 Å². The summed E-state index contributed by atoms with van der Waals surface area (Å²) < 4.78 is 2.87. The molecule has 1 aromatic heterocycles. The molecule has 21 heavy (non-hydrogen) atoms. The number of carbonyl (C=O) groups excluding carboxylic acids is 1. The Morgan fingerprint density at radius 1 is 1.33 bits per heavy atom. The van der Waals surface area contributed by atoms with Crippen LogP contribution in [0.15, 0.2) is 40.0 Å². The zero-order chi connectivity index (χ0) is 15.2. The Morgan fingerprint density at radius 2 is 2.05 bits per heavy atom. The highest BCUT2D eigenvalue weighted by Crippen LogP contribution is 2.20. The maximum absolute atomic E-state index is 12.1. The Bertz CT molecular complexity index is 595. The van der Waals surface area contributed by atoms with Crippen molar-refractivity contribution in [2.45, 2.75) is 31.7 Å². The van der Waals surface area contributed by atoms with E-state index in [1.54, 1.807) is 11.8 Å². The molecular weight excluding hydrogens is 350 g/mol. The number of aromatic nitrogens is 3. The van der Waals surface area contributed by atoms with Crippen LogP contribution >= 0.6 is 27.7 Å². The second-order valence-electron chi connectivity index (χ2n) is 5.21. The molecule has 0 aliphatic rings. The lowest BCUT2D eigenvalue weighted by Gasteiger charge is -2.08. The van der Waals surface area contributed by atoms with Crippen LogP contribution in [-0.4, -0.2) is 26.3 Å². The van der Waals surface area contributed by atoms with Gasteiger partial charge in [-0.25, -0.2) is 9.67 Å². The topological polar surface area (TPSA) is 47.8 Å². The average Bonchev–Trinajstić information content (AvgIpc) is 2.84. The van der Waals surface area contributed by atoms with Crippen LogP contribution in [0.3, 0.4) is 0 Å². The summed E-state index contributed by atoms with van der Waals surface area (Å²) in [6.45, 7) is 5.04. The van der Waals surface area contributed by atoms with Gasteiger partial charge in [-0.2, -0.15) is 5.10 Å². The molecule has 0 fully saturated rings. The van der Waals surface area contributed by atoms with Crippen molar-refractivity contribution in [3.05, 3.63) is 40.9 Å². The summed E-state index contributed by atoms with van der Waals surface area (Å²) in [6.07, 6.45) is 1.86. The molecule has 1 aromatic carbocycles. The van der Waals surface area contributed by atoms with Crippen molar-refractivity contribution in [2.24, 2.45) is 5.92 Å². The fourth-order valence-electron chi connectivity index (χ4n) is 1.85. The molecule has 0 spiro atoms. The highest BCUT2D eigenvalue weighted by Gasteiger charge is 2.11. The predicted octanol–water partition coefficient (Wildman–Crippen LogP) is 3.60. The summed E-state index contributed by atoms with van der Waals surface area (Å²) >= 11 is 4.95. The lowest BCUT2D eigenvalue weighted by molar-refractivity contribution is -0.116. The Kier molecular flexibility index (Phi) is 5.99. The molecule has 4 nitrogen and oxygen atoms in total. The van der Waals surface area contributed by atoms with Crippen LogP contribution in [-0.2, 0) is 17.8 Å². The van der Waals surface area contributed by atoms with E-state index in [1.165, 1.54) is 6.33 Å². The Morgan fingerprint density at radius 3 is 2.71 bits per heavy atom. The van der Waals surface area contributed by atoms with Gasteiger partial charge >= 0.3 is 0 Å². The Hall–Kier alpha value is -1.14. The van der Waals surface area contributed by atoms with E-state index in [2.05, 4.69) is 39.9 Å². The van der Waals surface area contributed by atoms with E-state index in [1.807, 2.05) is 28.9 Å². The highest BCUT2D eigenvalue weighted by molar-refractivity contribution is 9.10. The van der Waals surface area contributed by atoms with Gasteiger partial charge < -0.3 is 0 Å². The molecular formula is C15H18BrN3OS. The van der Waals surface area contributed by atoms with Gasteiger partial charge in [0.15, 0.2) is 5.78 Å². The van der Waals surface area contributed by atoms with Crippen molar-refractivity contribution in [3.8, 4) is 0 Å². The summed E-state index contributed by atoms with van der Waals surface area (Å²) in [7, 11) is 0. The maximum atomic E-state index is 12.1. The SMILES string of the molecule is CC(C)Cn1ncnc1CC(=O)CSc1ccc(Br)cc1. The number of hydrogen-bond acceptors (Lipinski definition) is 4. The Labute approximate surface area is 137 Å². The molecule has 0 unspecified atom stereocenters. The smallest absolute Gasteiger partial charge is 0.150 e. The van der Waals surface area contributed by atoms with E-state index in [4.69, 9.17) is 0 Å². The second kappa shape index (κ2) is 7.75. The minimum atomic E-state index is 0.168. The summed E-state index contributed by atoms with van der Waals surface area (Å²) in [5, 5.41) is 4.18. The third kappa shape index (κ3) is 5.28. The van der Waals surface area contributed by atoms with Crippen LogP contribution in [0.1, 0.15) is 19.7 Å². The molecule has 2 rings (SSSR count). The third-order valence-corrected chi connectivity index (χ3v) is 4.40. The molecule has 0 aliphatic carbocycles. The number of ketones is 1. The molecule has 0 aliphatic heterocycles. The van der Waals surface area contributed by atoms with Gasteiger partial charge in [0.05, 0.1) is 12.2 Å². The highest BCUT2D eigenvalue weighted by atomic mass is 79.9. The van der Waals surface area contributed by atoms with Crippen LogP contribution < -0.4 is 0 Å². The van der Waals surface area contributed by atoms with Gasteiger partial charge in [0.1, 0.15) is 12.2 Å². The average molecular weight is 368 g/mol. The van der Waals surface area contributed by atoms with Gasteiger partial charge in [-0.15, -0.1) is 11.8 Å². The van der Waals surface area contributed by atoms with Gasteiger partial charge in [0.2, 0.25) is 0 Å². The van der Waals surface area contributed by atoms with Crippen LogP contribution in [0.2, 0.25) is 0 Å². The molecule has 0 bridgehead atoms. The fourth-order valence-corrected chi connectivity index (χ4v) is 2.87. The summed E-state index contributed by atoms with van der Waals surface area (Å²) in [5.41, 5.74) is 0. The van der Waals surface area contributed by atoms with E-state index in [0.29, 0.717) is 18.1 Å². The first kappa shape index (κ1) is 16.2. The number of nitrogens with zero attached hydrogens (tertiary/aromatic N) is 3. The molecule has 0 amide bonds. The monoisotopic (exact) mass is 367 g/mol. The van der Waals surface area contributed by atoms with Gasteiger partial charge in [-0.1, -0.05) is 29.8 Å². The van der Waals surface area contributed by atoms with Crippen molar-refractivity contribution < 1.29 is 4.79 Å². The van der Waals surface area contributed by atoms with E-state index in [-0.39, 0.29) is 5.78 Å². The van der Waals surface area contributed by atoms with E-state index < -0.39 is 0 Å². The molecule has 2 aromatic rings. The second-order valence-corrected chi connectivity index (χ2v) is 7.17. The molecule has 6 heteroatoms. The first-order chi connectivity index (χ1) is 10.0. The zero-order valence-electron chi connectivity index (χ0n) is 12.1. The minimum absolute atomic E-state index is 0.168. The summed E-state index contributed by atoms with van der Waals surface area (Å²) in [6, 6.07) is 7.96. The number of carbonyl (C=O) groups is 1. The molecule has 0 saturated heterocycles. The van der Waals surface area contributed by atoms with Gasteiger partial charge in [0.25, 0.3) is 0 Å². The molecule has 1 heterocycles. The molecule has 0 radical (unpaired) electrons. The van der Waals surface area contributed by atoms with Crippen molar-refractivity contribution in [1.82, 2.24) is 14.8 Å². The van der Waals surface area contributed by atoms with Crippen LogP contribution in [0, 0.1) is 5.92 Å². The first-order valence-corrected chi connectivity index (χ1v) is 8.59.